The Balaban J connectivity index is 2.59. The quantitative estimate of drug-likeness (QED) is 0.723. The molecule has 0 bridgehead atoms. The van der Waals surface area contributed by atoms with Crippen molar-refractivity contribution in [2.75, 3.05) is 13.7 Å². The van der Waals surface area contributed by atoms with Crippen LogP contribution in [0, 0.1) is 5.41 Å². The fourth-order valence-electron chi connectivity index (χ4n) is 2.08. The maximum Gasteiger partial charge on any atom is 0.243 e. The van der Waals surface area contributed by atoms with Gasteiger partial charge in [-0.15, -0.1) is 0 Å². The van der Waals surface area contributed by atoms with Crippen LogP contribution >= 0.6 is 15.9 Å². The summed E-state index contributed by atoms with van der Waals surface area (Å²) in [7, 11) is 1.62. The summed E-state index contributed by atoms with van der Waals surface area (Å²) in [5.41, 5.74) is 0.724. The normalized spacial score (nSPS) is 12.4. The summed E-state index contributed by atoms with van der Waals surface area (Å²) in [6, 6.07) is 5.27. The molecule has 1 rings (SSSR count). The van der Waals surface area contributed by atoms with Crippen LogP contribution in [0.4, 0.5) is 0 Å². The predicted molar refractivity (Wildman–Crippen MR) is 89.9 cm³/mol. The summed E-state index contributed by atoms with van der Waals surface area (Å²) in [6.45, 7) is 6.23. The lowest BCUT2D eigenvalue weighted by atomic mass is 9.86. The maximum atomic E-state index is 12.2. The minimum absolute atomic E-state index is 0.177. The second-order valence-electron chi connectivity index (χ2n) is 6.09. The molecule has 5 nitrogen and oxygen atoms in total. The van der Waals surface area contributed by atoms with Crippen molar-refractivity contribution in [3.05, 3.63) is 28.2 Å². The minimum atomic E-state index is -0.551. The number of hydrogen-bond acceptors (Lipinski definition) is 3. The van der Waals surface area contributed by atoms with E-state index in [0.717, 1.165) is 15.8 Å². The van der Waals surface area contributed by atoms with E-state index >= 15 is 0 Å². The number of rotatable bonds is 7. The first kappa shape index (κ1) is 18.5. The summed E-state index contributed by atoms with van der Waals surface area (Å²) < 4.78 is 6.14. The summed E-state index contributed by atoms with van der Waals surface area (Å²) in [6.07, 6.45) is 1.25. The predicted octanol–water partition coefficient (Wildman–Crippen LogP) is 2.28. The van der Waals surface area contributed by atoms with Crippen molar-refractivity contribution in [3.8, 4) is 5.75 Å². The van der Waals surface area contributed by atoms with Crippen molar-refractivity contribution in [2.24, 2.45) is 5.41 Å². The molecule has 0 aliphatic rings. The highest BCUT2D eigenvalue weighted by molar-refractivity contribution is 9.10. The molecule has 0 aromatic heterocycles. The molecule has 0 aliphatic carbocycles. The molecule has 1 aromatic rings. The average Bonchev–Trinajstić information content (AvgIpc) is 2.45. The molecule has 0 fully saturated rings. The third kappa shape index (κ3) is 5.33. The monoisotopic (exact) mass is 370 g/mol. The molecule has 0 spiro atoms. The van der Waals surface area contributed by atoms with Crippen LogP contribution in [0.2, 0.25) is 0 Å². The largest absolute Gasteiger partial charge is 0.496 e. The van der Waals surface area contributed by atoms with Gasteiger partial charge in [-0.1, -0.05) is 26.8 Å². The Morgan fingerprint density at radius 3 is 2.64 bits per heavy atom. The first-order chi connectivity index (χ1) is 10.3. The molecule has 1 atom stereocenters. The molecule has 2 amide bonds. The highest BCUT2D eigenvalue weighted by Gasteiger charge is 2.30. The van der Waals surface area contributed by atoms with Gasteiger partial charge >= 0.3 is 0 Å². The lowest BCUT2D eigenvalue weighted by Crippen LogP contribution is -2.51. The van der Waals surface area contributed by atoms with Crippen LogP contribution in [-0.2, 0) is 16.0 Å². The van der Waals surface area contributed by atoms with Crippen molar-refractivity contribution >= 4 is 28.2 Å². The lowest BCUT2D eigenvalue weighted by Gasteiger charge is -2.28. The lowest BCUT2D eigenvalue weighted by molar-refractivity contribution is -0.128. The van der Waals surface area contributed by atoms with E-state index in [9.17, 15) is 9.59 Å². The number of carbonyl (C=O) groups is 2. The van der Waals surface area contributed by atoms with Gasteiger partial charge in [0.25, 0.3) is 0 Å². The number of hydrogen-bond donors (Lipinski definition) is 2. The molecule has 0 aliphatic heterocycles. The SMILES string of the molecule is COc1cc(CCNC(=O)C(NC=O)C(C)(C)C)ccc1Br. The highest BCUT2D eigenvalue weighted by atomic mass is 79.9. The number of ether oxygens (including phenoxy) is 1. The second kappa shape index (κ2) is 8.17. The zero-order chi connectivity index (χ0) is 16.8. The molecule has 122 valence electrons. The van der Waals surface area contributed by atoms with Gasteiger partial charge in [-0.2, -0.15) is 0 Å². The van der Waals surface area contributed by atoms with Gasteiger partial charge in [0.2, 0.25) is 12.3 Å². The second-order valence-corrected chi connectivity index (χ2v) is 6.95. The molecule has 0 saturated carbocycles. The van der Waals surface area contributed by atoms with Crippen molar-refractivity contribution in [1.29, 1.82) is 0 Å². The number of carbonyl (C=O) groups excluding carboxylic acids is 2. The van der Waals surface area contributed by atoms with E-state index in [1.54, 1.807) is 7.11 Å². The first-order valence-electron chi connectivity index (χ1n) is 7.09. The van der Waals surface area contributed by atoms with E-state index in [1.807, 2.05) is 39.0 Å². The molecule has 0 radical (unpaired) electrons. The summed E-state index contributed by atoms with van der Waals surface area (Å²) >= 11 is 3.40. The highest BCUT2D eigenvalue weighted by Crippen LogP contribution is 2.25. The molecular weight excluding hydrogens is 348 g/mol. The van der Waals surface area contributed by atoms with Gasteiger partial charge in [-0.05, 0) is 45.5 Å². The number of amides is 2. The maximum absolute atomic E-state index is 12.2. The zero-order valence-corrected chi connectivity index (χ0v) is 15.0. The van der Waals surface area contributed by atoms with Crippen LogP contribution in [-0.4, -0.2) is 32.0 Å². The van der Waals surface area contributed by atoms with E-state index in [2.05, 4.69) is 26.6 Å². The van der Waals surface area contributed by atoms with E-state index in [4.69, 9.17) is 4.74 Å². The minimum Gasteiger partial charge on any atom is -0.496 e. The summed E-state index contributed by atoms with van der Waals surface area (Å²) in [5.74, 6) is 0.586. The van der Waals surface area contributed by atoms with Crippen molar-refractivity contribution in [1.82, 2.24) is 10.6 Å². The van der Waals surface area contributed by atoms with Crippen LogP contribution in [0.3, 0.4) is 0 Å². The molecule has 6 heteroatoms. The van der Waals surface area contributed by atoms with E-state index in [-0.39, 0.29) is 11.3 Å². The first-order valence-corrected chi connectivity index (χ1v) is 7.88. The number of nitrogens with one attached hydrogen (secondary N) is 2. The van der Waals surface area contributed by atoms with E-state index in [0.29, 0.717) is 19.4 Å². The molecule has 0 heterocycles. The topological polar surface area (TPSA) is 67.4 Å². The van der Waals surface area contributed by atoms with Gasteiger partial charge in [0, 0.05) is 6.54 Å². The van der Waals surface area contributed by atoms with E-state index < -0.39 is 6.04 Å². The van der Waals surface area contributed by atoms with Gasteiger partial charge in [0.1, 0.15) is 11.8 Å². The Morgan fingerprint density at radius 1 is 1.41 bits per heavy atom. The van der Waals surface area contributed by atoms with Gasteiger partial charge < -0.3 is 15.4 Å². The van der Waals surface area contributed by atoms with Gasteiger partial charge in [-0.3, -0.25) is 9.59 Å². The standard InChI is InChI=1S/C16H23BrN2O3/c1-16(2,3)14(19-10-20)15(21)18-8-7-11-5-6-12(17)13(9-11)22-4/h5-6,9-10,14H,7-8H2,1-4H3,(H,18,21)(H,19,20). The fourth-order valence-corrected chi connectivity index (χ4v) is 2.49. The van der Waals surface area contributed by atoms with Gasteiger partial charge in [-0.25, -0.2) is 0 Å². The molecule has 0 saturated heterocycles. The van der Waals surface area contributed by atoms with Crippen molar-refractivity contribution in [3.63, 3.8) is 0 Å². The van der Waals surface area contributed by atoms with Crippen LogP contribution in [0.5, 0.6) is 5.75 Å². The number of halogens is 1. The van der Waals surface area contributed by atoms with Crippen LogP contribution in [0.1, 0.15) is 26.3 Å². The molecule has 2 N–H and O–H groups in total. The van der Waals surface area contributed by atoms with Crippen molar-refractivity contribution in [2.45, 2.75) is 33.2 Å². The molecule has 22 heavy (non-hydrogen) atoms. The molecule has 1 aromatic carbocycles. The van der Waals surface area contributed by atoms with Crippen molar-refractivity contribution < 1.29 is 14.3 Å². The Morgan fingerprint density at radius 2 is 2.09 bits per heavy atom. The van der Waals surface area contributed by atoms with Crippen LogP contribution in [0.25, 0.3) is 0 Å². The average molecular weight is 371 g/mol. The third-order valence-corrected chi connectivity index (χ3v) is 3.95. The smallest absolute Gasteiger partial charge is 0.243 e. The number of benzene rings is 1. The van der Waals surface area contributed by atoms with Gasteiger partial charge in [0.15, 0.2) is 0 Å². The summed E-state index contributed by atoms with van der Waals surface area (Å²) in [4.78, 5) is 22.8. The van der Waals surface area contributed by atoms with E-state index in [1.165, 1.54) is 0 Å². The number of methoxy groups -OCH3 is 1. The fraction of sp³-hybridized carbons (Fsp3) is 0.500. The van der Waals surface area contributed by atoms with Crippen LogP contribution in [0.15, 0.2) is 22.7 Å². The van der Waals surface area contributed by atoms with Gasteiger partial charge in [0.05, 0.1) is 11.6 Å². The molecular formula is C16H23BrN2O3. The van der Waals surface area contributed by atoms with Crippen LogP contribution < -0.4 is 15.4 Å². The third-order valence-electron chi connectivity index (χ3n) is 3.29. The summed E-state index contributed by atoms with van der Waals surface area (Å²) in [5, 5.41) is 5.44. The molecule has 1 unspecified atom stereocenters. The zero-order valence-electron chi connectivity index (χ0n) is 13.4. The Hall–Kier alpha value is -1.56. The Bertz CT molecular complexity index is 527. The Labute approximate surface area is 139 Å². The Kier molecular flexibility index (Phi) is 6.87.